The lowest BCUT2D eigenvalue weighted by atomic mass is 10.1. The standard InChI is InChI=1S/C14H20N4S/c1-10(2)12-7-13-14(15-4-5-18(13)17-12)16-8-11-3-6-19-9-11/h4-5,7,10-11H,3,6,8-9H2,1-2H3,(H,15,16). The number of aromatic nitrogens is 3. The summed E-state index contributed by atoms with van der Waals surface area (Å²) in [4.78, 5) is 4.46. The van der Waals surface area contributed by atoms with Crippen molar-refractivity contribution in [1.29, 1.82) is 0 Å². The molecule has 1 unspecified atom stereocenters. The number of nitrogens with zero attached hydrogens (tertiary/aromatic N) is 3. The highest BCUT2D eigenvalue weighted by Gasteiger charge is 2.16. The van der Waals surface area contributed by atoms with E-state index in [1.807, 2.05) is 16.9 Å². The molecule has 1 aliphatic heterocycles. The summed E-state index contributed by atoms with van der Waals surface area (Å²) in [5.41, 5.74) is 2.20. The van der Waals surface area contributed by atoms with Crippen LogP contribution in [0.15, 0.2) is 18.5 Å². The van der Waals surface area contributed by atoms with Gasteiger partial charge in [0.2, 0.25) is 0 Å². The van der Waals surface area contributed by atoms with Gasteiger partial charge in [-0.05, 0) is 35.8 Å². The Morgan fingerprint density at radius 2 is 2.42 bits per heavy atom. The van der Waals surface area contributed by atoms with E-state index in [2.05, 4.69) is 47.1 Å². The highest BCUT2D eigenvalue weighted by Crippen LogP contribution is 2.25. The van der Waals surface area contributed by atoms with Crippen LogP contribution < -0.4 is 5.32 Å². The Labute approximate surface area is 118 Å². The Morgan fingerprint density at radius 3 is 3.16 bits per heavy atom. The molecule has 1 fully saturated rings. The molecular formula is C14H20N4S. The van der Waals surface area contributed by atoms with Crippen molar-refractivity contribution < 1.29 is 0 Å². The van der Waals surface area contributed by atoms with Gasteiger partial charge in [-0.25, -0.2) is 9.50 Å². The predicted octanol–water partition coefficient (Wildman–Crippen LogP) is 3.02. The second-order valence-electron chi connectivity index (χ2n) is 5.44. The third-order valence-electron chi connectivity index (χ3n) is 3.58. The first-order valence-electron chi connectivity index (χ1n) is 6.90. The third-order valence-corrected chi connectivity index (χ3v) is 4.81. The Morgan fingerprint density at radius 1 is 1.53 bits per heavy atom. The lowest BCUT2D eigenvalue weighted by Gasteiger charge is -2.11. The minimum atomic E-state index is 0.444. The molecule has 5 heteroatoms. The van der Waals surface area contributed by atoms with Crippen LogP contribution in [0.25, 0.3) is 5.52 Å². The number of hydrogen-bond acceptors (Lipinski definition) is 4. The van der Waals surface area contributed by atoms with Crippen LogP contribution in [-0.4, -0.2) is 32.6 Å². The molecule has 2 aromatic rings. The number of rotatable bonds is 4. The monoisotopic (exact) mass is 276 g/mol. The molecule has 2 aromatic heterocycles. The Balaban J connectivity index is 1.81. The van der Waals surface area contributed by atoms with Gasteiger partial charge in [-0.15, -0.1) is 0 Å². The van der Waals surface area contributed by atoms with Gasteiger partial charge in [0.05, 0.1) is 5.69 Å². The van der Waals surface area contributed by atoms with Crippen molar-refractivity contribution in [2.75, 3.05) is 23.4 Å². The average molecular weight is 276 g/mol. The average Bonchev–Trinajstić information content (AvgIpc) is 3.05. The normalized spacial score (nSPS) is 19.4. The summed E-state index contributed by atoms with van der Waals surface area (Å²) in [6, 6.07) is 2.14. The molecule has 3 rings (SSSR count). The Kier molecular flexibility index (Phi) is 3.64. The van der Waals surface area contributed by atoms with Crippen molar-refractivity contribution in [2.24, 2.45) is 5.92 Å². The smallest absolute Gasteiger partial charge is 0.152 e. The van der Waals surface area contributed by atoms with Crippen LogP contribution in [0, 0.1) is 5.92 Å². The first-order valence-corrected chi connectivity index (χ1v) is 8.05. The van der Waals surface area contributed by atoms with Gasteiger partial charge >= 0.3 is 0 Å². The summed E-state index contributed by atoms with van der Waals surface area (Å²) in [6.07, 6.45) is 5.05. The molecule has 0 aliphatic carbocycles. The summed E-state index contributed by atoms with van der Waals surface area (Å²) >= 11 is 2.05. The van der Waals surface area contributed by atoms with E-state index in [9.17, 15) is 0 Å². The topological polar surface area (TPSA) is 42.2 Å². The van der Waals surface area contributed by atoms with E-state index in [1.165, 1.54) is 17.9 Å². The van der Waals surface area contributed by atoms with Gasteiger partial charge in [0.1, 0.15) is 5.52 Å². The van der Waals surface area contributed by atoms with Crippen LogP contribution in [0.2, 0.25) is 0 Å². The van der Waals surface area contributed by atoms with Crippen LogP contribution in [0.1, 0.15) is 31.9 Å². The van der Waals surface area contributed by atoms with E-state index in [4.69, 9.17) is 0 Å². The zero-order chi connectivity index (χ0) is 13.2. The number of fused-ring (bicyclic) bond motifs is 1. The molecule has 3 heterocycles. The van der Waals surface area contributed by atoms with E-state index in [0.717, 1.165) is 29.5 Å². The molecule has 0 radical (unpaired) electrons. The summed E-state index contributed by atoms with van der Waals surface area (Å²) in [7, 11) is 0. The quantitative estimate of drug-likeness (QED) is 0.932. The molecule has 0 bridgehead atoms. The van der Waals surface area contributed by atoms with Crippen LogP contribution >= 0.6 is 11.8 Å². The molecular weight excluding hydrogens is 256 g/mol. The fourth-order valence-corrected chi connectivity index (χ4v) is 3.63. The maximum Gasteiger partial charge on any atom is 0.152 e. The van der Waals surface area contributed by atoms with Gasteiger partial charge in [0.25, 0.3) is 0 Å². The molecule has 19 heavy (non-hydrogen) atoms. The number of thioether (sulfide) groups is 1. The van der Waals surface area contributed by atoms with Gasteiger partial charge in [0.15, 0.2) is 5.82 Å². The minimum absolute atomic E-state index is 0.444. The molecule has 1 saturated heterocycles. The zero-order valence-corrected chi connectivity index (χ0v) is 12.3. The van der Waals surface area contributed by atoms with Crippen LogP contribution in [0.5, 0.6) is 0 Å². The zero-order valence-electron chi connectivity index (χ0n) is 11.5. The highest BCUT2D eigenvalue weighted by molar-refractivity contribution is 7.99. The maximum absolute atomic E-state index is 4.59. The van der Waals surface area contributed by atoms with Gasteiger partial charge in [-0.2, -0.15) is 16.9 Å². The first-order chi connectivity index (χ1) is 9.24. The molecule has 1 N–H and O–H groups in total. The van der Waals surface area contributed by atoms with Crippen LogP contribution in [0.4, 0.5) is 5.82 Å². The molecule has 0 aromatic carbocycles. The second-order valence-corrected chi connectivity index (χ2v) is 6.59. The van der Waals surface area contributed by atoms with Crippen molar-refractivity contribution in [3.8, 4) is 0 Å². The molecule has 4 nitrogen and oxygen atoms in total. The van der Waals surface area contributed by atoms with Crippen LogP contribution in [0.3, 0.4) is 0 Å². The Bertz CT molecular complexity index is 558. The van der Waals surface area contributed by atoms with Crippen molar-refractivity contribution in [2.45, 2.75) is 26.2 Å². The van der Waals surface area contributed by atoms with Gasteiger partial charge in [0, 0.05) is 18.9 Å². The highest BCUT2D eigenvalue weighted by atomic mass is 32.2. The summed E-state index contributed by atoms with van der Waals surface area (Å²) in [5.74, 6) is 4.75. The lowest BCUT2D eigenvalue weighted by Crippen LogP contribution is -2.14. The summed E-state index contributed by atoms with van der Waals surface area (Å²) < 4.78 is 1.92. The number of hydrogen-bond donors (Lipinski definition) is 1. The van der Waals surface area contributed by atoms with Crippen molar-refractivity contribution in [1.82, 2.24) is 14.6 Å². The third kappa shape index (κ3) is 2.71. The fraction of sp³-hybridized carbons (Fsp3) is 0.571. The molecule has 1 aliphatic rings. The van der Waals surface area contributed by atoms with E-state index in [-0.39, 0.29) is 0 Å². The Hall–Kier alpha value is -1.23. The molecule has 0 saturated carbocycles. The van der Waals surface area contributed by atoms with Crippen molar-refractivity contribution in [3.63, 3.8) is 0 Å². The molecule has 102 valence electrons. The summed E-state index contributed by atoms with van der Waals surface area (Å²) in [5, 5.41) is 8.08. The van der Waals surface area contributed by atoms with Crippen LogP contribution in [-0.2, 0) is 0 Å². The largest absolute Gasteiger partial charge is 0.368 e. The van der Waals surface area contributed by atoms with E-state index in [0.29, 0.717) is 5.92 Å². The number of anilines is 1. The van der Waals surface area contributed by atoms with E-state index >= 15 is 0 Å². The fourth-order valence-electron chi connectivity index (χ4n) is 2.34. The first kappa shape index (κ1) is 12.8. The minimum Gasteiger partial charge on any atom is -0.368 e. The SMILES string of the molecule is CC(C)c1cc2c(NCC3CCSC3)nccn2n1. The van der Waals surface area contributed by atoms with E-state index < -0.39 is 0 Å². The summed E-state index contributed by atoms with van der Waals surface area (Å²) in [6.45, 7) is 5.35. The van der Waals surface area contributed by atoms with Gasteiger partial charge in [-0.1, -0.05) is 13.8 Å². The van der Waals surface area contributed by atoms with Crippen molar-refractivity contribution >= 4 is 23.1 Å². The maximum atomic E-state index is 4.59. The lowest BCUT2D eigenvalue weighted by molar-refractivity contribution is 0.630. The van der Waals surface area contributed by atoms with E-state index in [1.54, 1.807) is 0 Å². The van der Waals surface area contributed by atoms with Gasteiger partial charge in [-0.3, -0.25) is 0 Å². The predicted molar refractivity (Wildman–Crippen MR) is 81.0 cm³/mol. The number of nitrogens with one attached hydrogen (secondary N) is 1. The second kappa shape index (κ2) is 5.41. The molecule has 0 spiro atoms. The van der Waals surface area contributed by atoms with Crippen molar-refractivity contribution in [3.05, 3.63) is 24.2 Å². The molecule has 1 atom stereocenters. The van der Waals surface area contributed by atoms with Gasteiger partial charge < -0.3 is 5.32 Å². The molecule has 0 amide bonds.